The number of ether oxygens (including phenoxy) is 1. The van der Waals surface area contributed by atoms with Crippen LogP contribution in [0.25, 0.3) is 22.2 Å². The van der Waals surface area contributed by atoms with E-state index in [-0.39, 0.29) is 18.2 Å². The minimum atomic E-state index is -3.00. The molecule has 2 aromatic heterocycles. The van der Waals surface area contributed by atoms with E-state index in [4.69, 9.17) is 9.15 Å². The van der Waals surface area contributed by atoms with Gasteiger partial charge in [-0.1, -0.05) is 30.3 Å². The van der Waals surface area contributed by atoms with E-state index >= 15 is 0 Å². The molecule has 0 saturated carbocycles. The predicted octanol–water partition coefficient (Wildman–Crippen LogP) is 2.35. The zero-order valence-corrected chi connectivity index (χ0v) is 22.9. The second kappa shape index (κ2) is 12.8. The zero-order valence-electron chi connectivity index (χ0n) is 21.3. The van der Waals surface area contributed by atoms with Gasteiger partial charge >= 0.3 is 0 Å². The number of nitrogens with one attached hydrogen (secondary N) is 2. The minimum Gasteiger partial charge on any atom is -1.00 e. The molecule has 0 unspecified atom stereocenters. The third-order valence-electron chi connectivity index (χ3n) is 5.90. The molecule has 10 heteroatoms. The minimum absolute atomic E-state index is 0. The second-order valence-electron chi connectivity index (χ2n) is 8.95. The van der Waals surface area contributed by atoms with Crippen LogP contribution >= 0.6 is 0 Å². The van der Waals surface area contributed by atoms with Crippen molar-refractivity contribution in [1.29, 1.82) is 0 Å². The number of nitrogens with zero attached hydrogens (tertiary/aromatic N) is 2. The van der Waals surface area contributed by atoms with Crippen LogP contribution in [0.2, 0.25) is 0 Å². The number of benzene rings is 3. The molecule has 0 saturated heterocycles. The number of furan rings is 1. The first-order valence-electron chi connectivity index (χ1n) is 12.2. The van der Waals surface area contributed by atoms with Crippen LogP contribution in [-0.2, 0) is 23.0 Å². The van der Waals surface area contributed by atoms with Gasteiger partial charge in [0.05, 0.1) is 17.8 Å². The zero-order chi connectivity index (χ0) is 26.4. The molecule has 0 bridgehead atoms. The van der Waals surface area contributed by atoms with Gasteiger partial charge in [0.25, 0.3) is 0 Å². The van der Waals surface area contributed by atoms with E-state index in [9.17, 15) is 8.42 Å². The van der Waals surface area contributed by atoms with Gasteiger partial charge in [0.1, 0.15) is 45.9 Å². The highest BCUT2D eigenvalue weighted by Crippen LogP contribution is 2.30. The van der Waals surface area contributed by atoms with E-state index in [1.807, 2.05) is 84.9 Å². The Hall–Kier alpha value is -3.92. The molecule has 5 aromatic rings. The number of sulfone groups is 1. The van der Waals surface area contributed by atoms with Crippen molar-refractivity contribution >= 4 is 32.2 Å². The number of hydrogen-bond donors (Lipinski definition) is 2. The Bertz CT molecular complexity index is 1620. The fourth-order valence-corrected chi connectivity index (χ4v) is 4.43. The van der Waals surface area contributed by atoms with Crippen LogP contribution in [0.15, 0.2) is 95.7 Å². The smallest absolute Gasteiger partial charge is 0.148 e. The van der Waals surface area contributed by atoms with Gasteiger partial charge in [-0.15, -0.1) is 0 Å². The lowest BCUT2D eigenvalue weighted by Gasteiger charge is -2.11. The van der Waals surface area contributed by atoms with Crippen LogP contribution < -0.4 is 27.8 Å². The largest absolute Gasteiger partial charge is 1.00 e. The molecule has 0 amide bonds. The van der Waals surface area contributed by atoms with Crippen molar-refractivity contribution in [2.45, 2.75) is 13.2 Å². The molecule has 2 heterocycles. The standard InChI is InChI=1S/C29H28N4O4S.ClH/c1-38(34,35)16-15-30-18-25-12-14-28(37-25)22-7-13-27-26(17-22)29(32-20-31-27)33-23-8-10-24(11-9-23)36-19-21-5-3-2-4-6-21;/h2-14,17,20,30H,15-16,18-19H2,1H3,(H,31,32,33);1H/p-1. The number of aromatic nitrogens is 2. The maximum absolute atomic E-state index is 11.3. The van der Waals surface area contributed by atoms with Gasteiger partial charge < -0.3 is 32.2 Å². The van der Waals surface area contributed by atoms with Crippen molar-refractivity contribution in [1.82, 2.24) is 15.3 Å². The van der Waals surface area contributed by atoms with Gasteiger partial charge in [-0.25, -0.2) is 18.4 Å². The molecule has 0 aliphatic heterocycles. The number of halogens is 1. The Morgan fingerprint density at radius 3 is 2.49 bits per heavy atom. The Morgan fingerprint density at radius 1 is 0.923 bits per heavy atom. The van der Waals surface area contributed by atoms with Crippen molar-refractivity contribution in [3.8, 4) is 17.1 Å². The van der Waals surface area contributed by atoms with Crippen LogP contribution in [0.4, 0.5) is 11.5 Å². The number of hydrogen-bond acceptors (Lipinski definition) is 8. The average Bonchev–Trinajstić information content (AvgIpc) is 3.40. The Morgan fingerprint density at radius 2 is 1.72 bits per heavy atom. The molecule has 8 nitrogen and oxygen atoms in total. The van der Waals surface area contributed by atoms with Crippen LogP contribution in [0.5, 0.6) is 5.75 Å². The van der Waals surface area contributed by atoms with Crippen molar-refractivity contribution in [3.63, 3.8) is 0 Å². The third kappa shape index (κ3) is 7.79. The van der Waals surface area contributed by atoms with E-state index in [2.05, 4.69) is 20.6 Å². The van der Waals surface area contributed by atoms with Crippen LogP contribution in [0, 0.1) is 0 Å². The molecule has 0 atom stereocenters. The second-order valence-corrected chi connectivity index (χ2v) is 11.2. The SMILES string of the molecule is CS(=O)(=O)CCNCc1ccc(-c2ccc3ncnc(Nc4ccc(OCc5ccccc5)cc4)c3c2)o1.[Cl-]. The van der Waals surface area contributed by atoms with Gasteiger partial charge in [-0.05, 0) is 60.2 Å². The quantitative estimate of drug-likeness (QED) is 0.236. The first-order chi connectivity index (χ1) is 18.4. The van der Waals surface area contributed by atoms with Gasteiger partial charge in [-0.3, -0.25) is 0 Å². The molecule has 2 N–H and O–H groups in total. The Labute approximate surface area is 233 Å². The highest BCUT2D eigenvalue weighted by Gasteiger charge is 2.10. The summed E-state index contributed by atoms with van der Waals surface area (Å²) >= 11 is 0. The Kier molecular flexibility index (Phi) is 9.19. The summed E-state index contributed by atoms with van der Waals surface area (Å²) in [6.45, 7) is 1.33. The normalized spacial score (nSPS) is 11.2. The maximum atomic E-state index is 11.3. The molecule has 0 fully saturated rings. The van der Waals surface area contributed by atoms with E-state index in [1.54, 1.807) is 0 Å². The van der Waals surface area contributed by atoms with Crippen LogP contribution in [-0.4, -0.2) is 36.9 Å². The van der Waals surface area contributed by atoms with E-state index < -0.39 is 9.84 Å². The summed E-state index contributed by atoms with van der Waals surface area (Å²) in [7, 11) is -3.00. The predicted molar refractivity (Wildman–Crippen MR) is 149 cm³/mol. The molecule has 5 rings (SSSR count). The lowest BCUT2D eigenvalue weighted by molar-refractivity contribution is -0.0000111. The van der Waals surface area contributed by atoms with Crippen LogP contribution in [0.1, 0.15) is 11.3 Å². The molecule has 39 heavy (non-hydrogen) atoms. The highest BCUT2D eigenvalue weighted by molar-refractivity contribution is 7.90. The van der Waals surface area contributed by atoms with Crippen molar-refractivity contribution < 1.29 is 30.0 Å². The first kappa shape index (κ1) is 28.1. The van der Waals surface area contributed by atoms with Crippen molar-refractivity contribution in [2.24, 2.45) is 0 Å². The van der Waals surface area contributed by atoms with Crippen LogP contribution in [0.3, 0.4) is 0 Å². The molecular weight excluding hydrogens is 536 g/mol. The summed E-state index contributed by atoms with van der Waals surface area (Å²) in [5.74, 6) is 3.00. The summed E-state index contributed by atoms with van der Waals surface area (Å²) in [6, 6.07) is 27.5. The number of fused-ring (bicyclic) bond motifs is 1. The topological polar surface area (TPSA) is 106 Å². The monoisotopic (exact) mass is 563 g/mol. The number of anilines is 2. The summed E-state index contributed by atoms with van der Waals surface area (Å²) in [6.07, 6.45) is 2.76. The summed E-state index contributed by atoms with van der Waals surface area (Å²) in [5, 5.41) is 7.34. The molecule has 202 valence electrons. The number of rotatable bonds is 11. The Balaban J connectivity index is 0.00000353. The maximum Gasteiger partial charge on any atom is 0.148 e. The first-order valence-corrected chi connectivity index (χ1v) is 14.3. The average molecular weight is 564 g/mol. The van der Waals surface area contributed by atoms with Crippen molar-refractivity contribution in [3.05, 3.63) is 103 Å². The van der Waals surface area contributed by atoms with Gasteiger partial charge in [0, 0.05) is 29.4 Å². The van der Waals surface area contributed by atoms with Crippen molar-refractivity contribution in [2.75, 3.05) is 23.9 Å². The van der Waals surface area contributed by atoms with E-state index in [0.29, 0.717) is 31.3 Å². The lowest BCUT2D eigenvalue weighted by Crippen LogP contribution is -3.00. The molecule has 0 aliphatic carbocycles. The lowest BCUT2D eigenvalue weighted by atomic mass is 10.1. The molecule has 0 spiro atoms. The van der Waals surface area contributed by atoms with E-state index in [0.717, 1.165) is 39.2 Å². The fourth-order valence-electron chi connectivity index (χ4n) is 3.92. The van der Waals surface area contributed by atoms with Gasteiger partial charge in [0.2, 0.25) is 0 Å². The van der Waals surface area contributed by atoms with Gasteiger partial charge in [0.15, 0.2) is 0 Å². The highest BCUT2D eigenvalue weighted by atomic mass is 35.5. The third-order valence-corrected chi connectivity index (χ3v) is 6.84. The molecule has 0 radical (unpaired) electrons. The summed E-state index contributed by atoms with van der Waals surface area (Å²) in [5.41, 5.74) is 3.69. The summed E-state index contributed by atoms with van der Waals surface area (Å²) < 4.78 is 34.5. The molecular formula is C29H28ClN4O4S-. The fraction of sp³-hybridized carbons (Fsp3) is 0.172. The van der Waals surface area contributed by atoms with Gasteiger partial charge in [-0.2, -0.15) is 0 Å². The molecule has 3 aromatic carbocycles. The summed E-state index contributed by atoms with van der Waals surface area (Å²) in [4.78, 5) is 8.87. The van der Waals surface area contributed by atoms with E-state index in [1.165, 1.54) is 12.6 Å². The molecule has 0 aliphatic rings.